The zero-order chi connectivity index (χ0) is 19.8. The van der Waals surface area contributed by atoms with E-state index in [1.165, 1.54) is 11.6 Å². The van der Waals surface area contributed by atoms with Gasteiger partial charge in [-0.25, -0.2) is 0 Å². The van der Waals surface area contributed by atoms with Crippen LogP contribution in [-0.4, -0.2) is 9.94 Å². The van der Waals surface area contributed by atoms with Crippen molar-refractivity contribution < 1.29 is 4.74 Å². The van der Waals surface area contributed by atoms with Gasteiger partial charge in [-0.15, -0.1) is 23.2 Å². The molecule has 0 amide bonds. The summed E-state index contributed by atoms with van der Waals surface area (Å²) in [5.41, 5.74) is 2.84. The molecule has 1 heterocycles. The van der Waals surface area contributed by atoms with Gasteiger partial charge >= 0.3 is 0 Å². The Morgan fingerprint density at radius 2 is 1.61 bits per heavy atom. The van der Waals surface area contributed by atoms with Crippen molar-refractivity contribution in [2.45, 2.75) is 37.3 Å². The van der Waals surface area contributed by atoms with E-state index in [0.29, 0.717) is 18.9 Å². The molecular formula is C23H23Cl2NO2. The van der Waals surface area contributed by atoms with Crippen LogP contribution in [0.5, 0.6) is 5.75 Å². The van der Waals surface area contributed by atoms with Gasteiger partial charge in [0.25, 0.3) is 0 Å². The topological polar surface area (TPSA) is 31.2 Å². The first kappa shape index (κ1) is 20.5. The number of rotatable bonds is 9. The number of halogens is 2. The number of aromatic nitrogens is 1. The van der Waals surface area contributed by atoms with Crippen LogP contribution in [0.3, 0.4) is 0 Å². The third kappa shape index (κ3) is 5.88. The second-order valence-corrected chi connectivity index (χ2v) is 7.56. The van der Waals surface area contributed by atoms with Gasteiger partial charge in [0.1, 0.15) is 6.61 Å². The highest BCUT2D eigenvalue weighted by molar-refractivity contribution is 6.20. The lowest BCUT2D eigenvalue weighted by Crippen LogP contribution is -2.19. The predicted molar refractivity (Wildman–Crippen MR) is 115 cm³/mol. The average Bonchev–Trinajstić information content (AvgIpc) is 2.73. The van der Waals surface area contributed by atoms with Crippen molar-refractivity contribution in [3.8, 4) is 5.75 Å². The van der Waals surface area contributed by atoms with Gasteiger partial charge < -0.3 is 9.30 Å². The minimum Gasteiger partial charge on any atom is -0.483 e. The van der Waals surface area contributed by atoms with Gasteiger partial charge in [0.05, 0.1) is 17.5 Å². The van der Waals surface area contributed by atoms with E-state index in [0.717, 1.165) is 24.1 Å². The normalized spacial score (nSPS) is 11.9. The zero-order valence-electron chi connectivity index (χ0n) is 15.6. The number of nitrogens with zero attached hydrogens (tertiary/aromatic N) is 1. The Morgan fingerprint density at radius 1 is 0.964 bits per heavy atom. The molecule has 146 valence electrons. The first-order valence-corrected chi connectivity index (χ1v) is 10.3. The van der Waals surface area contributed by atoms with E-state index < -0.39 is 0 Å². The van der Waals surface area contributed by atoms with Crippen molar-refractivity contribution in [3.63, 3.8) is 0 Å². The maximum Gasteiger partial charge on any atom is 0.223 e. The Bertz CT molecular complexity index is 926. The molecule has 0 spiro atoms. The number of pyridine rings is 1. The predicted octanol–water partition coefficient (Wildman–Crippen LogP) is 5.41. The lowest BCUT2D eigenvalue weighted by Gasteiger charge is -2.17. The Labute approximate surface area is 175 Å². The molecule has 0 aliphatic rings. The molecular weight excluding hydrogens is 393 g/mol. The quantitative estimate of drug-likeness (QED) is 0.437. The van der Waals surface area contributed by atoms with Gasteiger partial charge in [0.15, 0.2) is 5.75 Å². The highest BCUT2D eigenvalue weighted by Crippen LogP contribution is 2.16. The average molecular weight is 416 g/mol. The van der Waals surface area contributed by atoms with Crippen LogP contribution in [0.1, 0.15) is 23.2 Å². The summed E-state index contributed by atoms with van der Waals surface area (Å²) in [5, 5.41) is -0.0772. The van der Waals surface area contributed by atoms with Gasteiger partial charge in [-0.2, -0.15) is 0 Å². The number of hydrogen-bond acceptors (Lipinski definition) is 2. The molecule has 1 atom stereocenters. The Morgan fingerprint density at radius 3 is 2.25 bits per heavy atom. The van der Waals surface area contributed by atoms with Crippen molar-refractivity contribution in [3.05, 3.63) is 100.0 Å². The molecule has 0 bridgehead atoms. The highest BCUT2D eigenvalue weighted by Gasteiger charge is 2.12. The van der Waals surface area contributed by atoms with E-state index in [4.69, 9.17) is 27.9 Å². The molecule has 0 radical (unpaired) electrons. The van der Waals surface area contributed by atoms with E-state index in [2.05, 4.69) is 12.1 Å². The molecule has 0 aliphatic carbocycles. The third-order valence-electron chi connectivity index (χ3n) is 4.54. The van der Waals surface area contributed by atoms with Crippen LogP contribution in [-0.2, 0) is 25.5 Å². The van der Waals surface area contributed by atoms with E-state index >= 15 is 0 Å². The standard InChI is InChI=1S/C23H23Cl2NO2/c24-14-21-13-22(27)23(28-17-19-9-5-2-6-10-19)16-26(21)15-20(25)12-11-18-7-3-1-4-8-18/h1-10,13,16,20H,11-12,14-15,17H2. The molecule has 3 nitrogen and oxygen atoms in total. The molecule has 2 aromatic carbocycles. The van der Waals surface area contributed by atoms with Gasteiger partial charge in [-0.3, -0.25) is 4.79 Å². The lowest BCUT2D eigenvalue weighted by molar-refractivity contribution is 0.299. The van der Waals surface area contributed by atoms with Crippen LogP contribution in [0.25, 0.3) is 0 Å². The summed E-state index contributed by atoms with van der Waals surface area (Å²) in [7, 11) is 0. The molecule has 0 saturated carbocycles. The SMILES string of the molecule is O=c1cc(CCl)n(CC(Cl)CCc2ccccc2)cc1OCc1ccccc1. The fourth-order valence-corrected chi connectivity index (χ4v) is 3.48. The molecule has 0 saturated heterocycles. The molecule has 0 fully saturated rings. The molecule has 3 rings (SSSR count). The summed E-state index contributed by atoms with van der Waals surface area (Å²) in [5.74, 6) is 0.556. The number of hydrogen-bond donors (Lipinski definition) is 0. The number of aryl methyl sites for hydroxylation is 1. The summed E-state index contributed by atoms with van der Waals surface area (Å²) in [6, 6.07) is 21.6. The Balaban J connectivity index is 1.67. The maximum absolute atomic E-state index is 12.3. The van der Waals surface area contributed by atoms with Crippen molar-refractivity contribution in [1.29, 1.82) is 0 Å². The monoisotopic (exact) mass is 415 g/mol. The van der Waals surface area contributed by atoms with E-state index in [1.807, 2.05) is 53.1 Å². The molecule has 3 aromatic rings. The minimum atomic E-state index is -0.168. The first-order valence-electron chi connectivity index (χ1n) is 9.29. The minimum absolute atomic E-state index is 0.0772. The van der Waals surface area contributed by atoms with Crippen LogP contribution in [0.15, 0.2) is 77.7 Å². The smallest absolute Gasteiger partial charge is 0.223 e. The van der Waals surface area contributed by atoms with Crippen LogP contribution in [0.2, 0.25) is 0 Å². The van der Waals surface area contributed by atoms with Crippen LogP contribution in [0.4, 0.5) is 0 Å². The van der Waals surface area contributed by atoms with Gasteiger partial charge in [-0.05, 0) is 24.0 Å². The maximum atomic E-state index is 12.3. The summed E-state index contributed by atoms with van der Waals surface area (Å²) in [6.45, 7) is 0.910. The summed E-state index contributed by atoms with van der Waals surface area (Å²) < 4.78 is 7.68. The Hall–Kier alpha value is -2.23. The summed E-state index contributed by atoms with van der Waals surface area (Å²) in [6.07, 6.45) is 3.46. The van der Waals surface area contributed by atoms with E-state index in [-0.39, 0.29) is 16.7 Å². The van der Waals surface area contributed by atoms with Gasteiger partial charge in [0, 0.05) is 18.3 Å². The van der Waals surface area contributed by atoms with Crippen molar-refractivity contribution in [1.82, 2.24) is 4.57 Å². The van der Waals surface area contributed by atoms with Crippen molar-refractivity contribution >= 4 is 23.2 Å². The molecule has 5 heteroatoms. The van der Waals surface area contributed by atoms with Gasteiger partial charge in [0.2, 0.25) is 5.43 Å². The second-order valence-electron chi connectivity index (χ2n) is 6.68. The fourth-order valence-electron chi connectivity index (χ4n) is 3.00. The number of benzene rings is 2. The highest BCUT2D eigenvalue weighted by atomic mass is 35.5. The largest absolute Gasteiger partial charge is 0.483 e. The van der Waals surface area contributed by atoms with Crippen molar-refractivity contribution in [2.75, 3.05) is 0 Å². The molecule has 1 unspecified atom stereocenters. The summed E-state index contributed by atoms with van der Waals surface area (Å²) >= 11 is 12.6. The van der Waals surface area contributed by atoms with Crippen molar-refractivity contribution in [2.24, 2.45) is 0 Å². The van der Waals surface area contributed by atoms with Crippen LogP contribution < -0.4 is 10.2 Å². The van der Waals surface area contributed by atoms with Crippen LogP contribution in [0, 0.1) is 0 Å². The number of alkyl halides is 2. The van der Waals surface area contributed by atoms with E-state index in [1.54, 1.807) is 6.20 Å². The molecule has 0 aliphatic heterocycles. The molecule has 28 heavy (non-hydrogen) atoms. The van der Waals surface area contributed by atoms with Crippen LogP contribution >= 0.6 is 23.2 Å². The lowest BCUT2D eigenvalue weighted by atomic mass is 10.1. The first-order chi connectivity index (χ1) is 13.7. The van der Waals surface area contributed by atoms with E-state index in [9.17, 15) is 4.79 Å². The molecule has 0 N–H and O–H groups in total. The molecule has 1 aromatic heterocycles. The zero-order valence-corrected chi connectivity index (χ0v) is 17.1. The second kappa shape index (κ2) is 10.4. The Kier molecular flexibility index (Phi) is 7.58. The third-order valence-corrected chi connectivity index (χ3v) is 5.17. The van der Waals surface area contributed by atoms with Gasteiger partial charge in [-0.1, -0.05) is 60.7 Å². The summed E-state index contributed by atoms with van der Waals surface area (Å²) in [4.78, 5) is 12.3. The fraction of sp³-hybridized carbons (Fsp3) is 0.261. The number of ether oxygens (including phenoxy) is 1.